The Kier molecular flexibility index (Phi) is 4.72. The van der Waals surface area contributed by atoms with Crippen LogP contribution in [0.15, 0.2) is 47.7 Å². The van der Waals surface area contributed by atoms with E-state index >= 15 is 0 Å². The second-order valence-electron chi connectivity index (χ2n) is 5.44. The van der Waals surface area contributed by atoms with Crippen molar-refractivity contribution in [2.45, 2.75) is 19.7 Å². The zero-order valence-corrected chi connectivity index (χ0v) is 13.3. The fraction of sp³-hybridized carbons (Fsp3) is 0.235. The van der Waals surface area contributed by atoms with Crippen LogP contribution in [-0.4, -0.2) is 27.6 Å². The highest BCUT2D eigenvalue weighted by Gasteiger charge is 2.08. The lowest BCUT2D eigenvalue weighted by atomic mass is 10.1. The molecule has 0 bridgehead atoms. The van der Waals surface area contributed by atoms with E-state index in [9.17, 15) is 9.59 Å². The second-order valence-corrected chi connectivity index (χ2v) is 5.44. The van der Waals surface area contributed by atoms with E-state index < -0.39 is 0 Å². The number of hydrogen-bond acceptors (Lipinski definition) is 4. The lowest BCUT2D eigenvalue weighted by Gasteiger charge is -2.08. The fourth-order valence-electron chi connectivity index (χ4n) is 2.42. The smallest absolute Gasteiger partial charge is 0.263 e. The molecule has 0 aliphatic rings. The number of carbonyl (C=O) groups is 1. The van der Waals surface area contributed by atoms with Gasteiger partial charge < -0.3 is 15.0 Å². The molecule has 7 nitrogen and oxygen atoms in total. The quantitative estimate of drug-likeness (QED) is 0.712. The summed E-state index contributed by atoms with van der Waals surface area (Å²) in [6.45, 7) is 0.902. The molecule has 0 radical (unpaired) electrons. The van der Waals surface area contributed by atoms with Gasteiger partial charge >= 0.3 is 0 Å². The van der Waals surface area contributed by atoms with E-state index in [2.05, 4.69) is 15.3 Å². The molecule has 0 fully saturated rings. The first kappa shape index (κ1) is 15.9. The van der Waals surface area contributed by atoms with Gasteiger partial charge in [-0.2, -0.15) is 0 Å². The Morgan fingerprint density at radius 3 is 2.75 bits per heavy atom. The van der Waals surface area contributed by atoms with Gasteiger partial charge in [0.2, 0.25) is 5.91 Å². The number of benzene rings is 1. The van der Waals surface area contributed by atoms with Crippen LogP contribution in [0.25, 0.3) is 11.0 Å². The maximum atomic E-state index is 12.2. The molecule has 0 aliphatic heterocycles. The monoisotopic (exact) mass is 326 g/mol. The first-order chi connectivity index (χ1) is 11.7. The summed E-state index contributed by atoms with van der Waals surface area (Å²) in [6, 6.07) is 9.45. The molecule has 0 aliphatic carbocycles. The molecule has 7 heteroatoms. The van der Waals surface area contributed by atoms with Gasteiger partial charge in [0.05, 0.1) is 12.0 Å². The molecule has 0 saturated heterocycles. The number of rotatable bonds is 6. The van der Waals surface area contributed by atoms with E-state index in [0.717, 1.165) is 11.1 Å². The van der Waals surface area contributed by atoms with Crippen LogP contribution >= 0.6 is 0 Å². The maximum absolute atomic E-state index is 12.2. The standard InChI is InChI=1S/C17H18N4O3/c1-24-10-13-4-2-12(3-5-13)8-19-15(22)9-21-11-20-16-14(17(21)23)6-7-18-16/h2-7,11,18H,8-10H2,1H3,(H,19,22). The number of fused-ring (bicyclic) bond motifs is 1. The van der Waals surface area contributed by atoms with Crippen LogP contribution in [0.2, 0.25) is 0 Å². The van der Waals surface area contributed by atoms with Crippen molar-refractivity contribution in [2.75, 3.05) is 7.11 Å². The third-order valence-electron chi connectivity index (χ3n) is 3.68. The number of nitrogens with one attached hydrogen (secondary N) is 2. The third kappa shape index (κ3) is 3.52. The lowest BCUT2D eigenvalue weighted by molar-refractivity contribution is -0.121. The number of amides is 1. The Bertz CT molecular complexity index is 896. The molecular weight excluding hydrogens is 308 g/mol. The molecule has 1 amide bonds. The zero-order chi connectivity index (χ0) is 16.9. The van der Waals surface area contributed by atoms with Gasteiger partial charge in [-0.15, -0.1) is 0 Å². The van der Waals surface area contributed by atoms with E-state index in [1.165, 1.54) is 10.9 Å². The van der Waals surface area contributed by atoms with Gasteiger partial charge in [-0.3, -0.25) is 14.2 Å². The summed E-state index contributed by atoms with van der Waals surface area (Å²) in [5, 5.41) is 3.27. The van der Waals surface area contributed by atoms with E-state index in [1.54, 1.807) is 19.4 Å². The molecule has 2 heterocycles. The fourth-order valence-corrected chi connectivity index (χ4v) is 2.42. The summed E-state index contributed by atoms with van der Waals surface area (Å²) in [7, 11) is 1.65. The summed E-state index contributed by atoms with van der Waals surface area (Å²) in [6.07, 6.45) is 3.02. The average molecular weight is 326 g/mol. The SMILES string of the molecule is COCc1ccc(CNC(=O)Cn2cnc3[nH]ccc3c2=O)cc1. The van der Waals surface area contributed by atoms with Crippen molar-refractivity contribution in [1.82, 2.24) is 19.9 Å². The summed E-state index contributed by atoms with van der Waals surface area (Å²) in [5.41, 5.74) is 2.34. The molecule has 0 atom stereocenters. The zero-order valence-electron chi connectivity index (χ0n) is 13.3. The van der Waals surface area contributed by atoms with Crippen LogP contribution in [0.5, 0.6) is 0 Å². The molecule has 0 unspecified atom stereocenters. The highest BCUT2D eigenvalue weighted by molar-refractivity contribution is 5.77. The van der Waals surface area contributed by atoms with Gasteiger partial charge in [0.25, 0.3) is 5.56 Å². The molecule has 24 heavy (non-hydrogen) atoms. The summed E-state index contributed by atoms with van der Waals surface area (Å²) >= 11 is 0. The average Bonchev–Trinajstić information content (AvgIpc) is 3.07. The van der Waals surface area contributed by atoms with E-state index in [0.29, 0.717) is 24.2 Å². The van der Waals surface area contributed by atoms with Crippen molar-refractivity contribution in [2.24, 2.45) is 0 Å². The van der Waals surface area contributed by atoms with Crippen molar-refractivity contribution in [1.29, 1.82) is 0 Å². The van der Waals surface area contributed by atoms with Gasteiger partial charge in [-0.25, -0.2) is 4.98 Å². The molecule has 2 N–H and O–H groups in total. The van der Waals surface area contributed by atoms with Crippen molar-refractivity contribution < 1.29 is 9.53 Å². The Morgan fingerprint density at radius 1 is 1.25 bits per heavy atom. The largest absolute Gasteiger partial charge is 0.380 e. The second kappa shape index (κ2) is 7.10. The topological polar surface area (TPSA) is 89.0 Å². The minimum Gasteiger partial charge on any atom is -0.380 e. The normalized spacial score (nSPS) is 10.9. The van der Waals surface area contributed by atoms with Crippen LogP contribution in [0.1, 0.15) is 11.1 Å². The van der Waals surface area contributed by atoms with Crippen LogP contribution in [-0.2, 0) is 29.2 Å². The molecule has 3 aromatic rings. The number of methoxy groups -OCH3 is 1. The minimum atomic E-state index is -0.241. The lowest BCUT2D eigenvalue weighted by Crippen LogP contribution is -2.32. The minimum absolute atomic E-state index is 0.0608. The number of nitrogens with zero attached hydrogens (tertiary/aromatic N) is 2. The molecule has 1 aromatic carbocycles. The molecule has 0 spiro atoms. The van der Waals surface area contributed by atoms with Gasteiger partial charge in [-0.1, -0.05) is 24.3 Å². The van der Waals surface area contributed by atoms with Gasteiger partial charge in [0.15, 0.2) is 0 Å². The Hall–Kier alpha value is -2.93. The summed E-state index contributed by atoms with van der Waals surface area (Å²) < 4.78 is 6.36. The van der Waals surface area contributed by atoms with Crippen LogP contribution < -0.4 is 10.9 Å². The summed E-state index contributed by atoms with van der Waals surface area (Å²) in [5.74, 6) is -0.241. The van der Waals surface area contributed by atoms with Crippen LogP contribution in [0, 0.1) is 0 Å². The third-order valence-corrected chi connectivity index (χ3v) is 3.68. The number of ether oxygens (including phenoxy) is 1. The van der Waals surface area contributed by atoms with Gasteiger partial charge in [-0.05, 0) is 17.2 Å². The number of H-pyrrole nitrogens is 1. The number of carbonyl (C=O) groups excluding carboxylic acids is 1. The van der Waals surface area contributed by atoms with E-state index in [-0.39, 0.29) is 18.0 Å². The molecule has 0 saturated carbocycles. The highest BCUT2D eigenvalue weighted by atomic mass is 16.5. The van der Waals surface area contributed by atoms with Crippen molar-refractivity contribution >= 4 is 16.9 Å². The highest BCUT2D eigenvalue weighted by Crippen LogP contribution is 2.05. The Labute approximate surface area is 138 Å². The number of aromatic amines is 1. The molecule has 3 rings (SSSR count). The number of hydrogen-bond donors (Lipinski definition) is 2. The van der Waals surface area contributed by atoms with Crippen LogP contribution in [0.3, 0.4) is 0 Å². The van der Waals surface area contributed by atoms with Crippen LogP contribution in [0.4, 0.5) is 0 Å². The van der Waals surface area contributed by atoms with Crippen molar-refractivity contribution in [3.8, 4) is 0 Å². The van der Waals surface area contributed by atoms with E-state index in [4.69, 9.17) is 4.74 Å². The molecule has 124 valence electrons. The predicted octanol–water partition coefficient (Wildman–Crippen LogP) is 1.19. The Morgan fingerprint density at radius 2 is 2.00 bits per heavy atom. The van der Waals surface area contributed by atoms with Crippen molar-refractivity contribution in [3.63, 3.8) is 0 Å². The van der Waals surface area contributed by atoms with Gasteiger partial charge in [0.1, 0.15) is 18.5 Å². The summed E-state index contributed by atoms with van der Waals surface area (Å²) in [4.78, 5) is 31.2. The van der Waals surface area contributed by atoms with E-state index in [1.807, 2.05) is 24.3 Å². The first-order valence-corrected chi connectivity index (χ1v) is 7.53. The molecular formula is C17H18N4O3. The van der Waals surface area contributed by atoms with Crippen molar-refractivity contribution in [3.05, 3.63) is 64.3 Å². The number of aromatic nitrogens is 3. The maximum Gasteiger partial charge on any atom is 0.263 e. The Balaban J connectivity index is 1.60. The molecule has 2 aromatic heterocycles. The van der Waals surface area contributed by atoms with Gasteiger partial charge in [0, 0.05) is 19.9 Å². The predicted molar refractivity (Wildman–Crippen MR) is 89.4 cm³/mol. The first-order valence-electron chi connectivity index (χ1n) is 7.53.